The van der Waals surface area contributed by atoms with Gasteiger partial charge in [-0.1, -0.05) is 29.3 Å². The van der Waals surface area contributed by atoms with Crippen molar-refractivity contribution >= 4 is 50.7 Å². The molecule has 0 spiro atoms. The van der Waals surface area contributed by atoms with E-state index < -0.39 is 23.8 Å². The van der Waals surface area contributed by atoms with Crippen molar-refractivity contribution in [3.05, 3.63) is 57.6 Å². The van der Waals surface area contributed by atoms with E-state index >= 15 is 0 Å². The number of aliphatic hydroxyl groups excluding tert-OH is 1. The van der Waals surface area contributed by atoms with Crippen molar-refractivity contribution in [1.82, 2.24) is 0 Å². The van der Waals surface area contributed by atoms with Crippen molar-refractivity contribution in [3.8, 4) is 0 Å². The first kappa shape index (κ1) is 19.7. The van der Waals surface area contributed by atoms with Crippen LogP contribution >= 0.6 is 23.2 Å². The van der Waals surface area contributed by atoms with Gasteiger partial charge in [0.25, 0.3) is 0 Å². The Morgan fingerprint density at radius 2 is 1.74 bits per heavy atom. The van der Waals surface area contributed by atoms with E-state index in [0.717, 1.165) is 12.1 Å². The molecule has 0 amide bonds. The highest BCUT2D eigenvalue weighted by atomic mass is 35.5. The minimum absolute atomic E-state index is 0.225. The first-order chi connectivity index (χ1) is 12.6. The number of carbonyl (C=O) groups is 1. The average Bonchev–Trinajstić information content (AvgIpc) is 2.59. The van der Waals surface area contributed by atoms with Gasteiger partial charge in [0, 0.05) is 15.4 Å². The Hall–Kier alpha value is -2.02. The Bertz CT molecular complexity index is 1050. The summed E-state index contributed by atoms with van der Waals surface area (Å²) in [4.78, 5) is 11.5. The number of hydrogen-bond acceptors (Lipinski definition) is 3. The zero-order valence-electron chi connectivity index (χ0n) is 13.9. The van der Waals surface area contributed by atoms with Gasteiger partial charge in [-0.3, -0.25) is 4.79 Å². The van der Waals surface area contributed by atoms with Crippen LogP contribution in [0.5, 0.6) is 0 Å². The molecule has 3 rings (SSSR count). The summed E-state index contributed by atoms with van der Waals surface area (Å²) in [5.41, 5.74) is -0.562. The second kappa shape index (κ2) is 7.19. The predicted octanol–water partition coefficient (Wildman–Crippen LogP) is 5.92. The standard InChI is InChI=1S/C19H13Cl2F3O3/c1-27-18(26)8-17(25)15-7-14-13(5-10(20)6-16(14)21)12-4-9(19(22,23)24)2-3-11(12)15/h2-7,17,25H,8H2,1H3. The summed E-state index contributed by atoms with van der Waals surface area (Å²) in [5, 5.41) is 12.4. The van der Waals surface area contributed by atoms with Crippen LogP contribution in [0, 0.1) is 0 Å². The van der Waals surface area contributed by atoms with Crippen molar-refractivity contribution in [2.24, 2.45) is 0 Å². The second-order valence-corrected chi connectivity index (χ2v) is 6.85. The third kappa shape index (κ3) is 3.83. The van der Waals surface area contributed by atoms with Gasteiger partial charge in [0.2, 0.25) is 0 Å². The molecule has 0 radical (unpaired) electrons. The molecule has 1 N–H and O–H groups in total. The van der Waals surface area contributed by atoms with Crippen LogP contribution in [0.2, 0.25) is 10.0 Å². The number of fused-ring (bicyclic) bond motifs is 3. The lowest BCUT2D eigenvalue weighted by Crippen LogP contribution is -2.09. The molecule has 0 fully saturated rings. The van der Waals surface area contributed by atoms with Crippen molar-refractivity contribution in [1.29, 1.82) is 0 Å². The fraction of sp³-hybridized carbons (Fsp3) is 0.211. The number of ether oxygens (including phenoxy) is 1. The molecule has 0 aliphatic carbocycles. The lowest BCUT2D eigenvalue weighted by atomic mass is 9.92. The van der Waals surface area contributed by atoms with E-state index in [0.29, 0.717) is 16.2 Å². The van der Waals surface area contributed by atoms with Gasteiger partial charge in [0.15, 0.2) is 0 Å². The van der Waals surface area contributed by atoms with E-state index in [2.05, 4.69) is 4.74 Å². The first-order valence-electron chi connectivity index (χ1n) is 7.79. The second-order valence-electron chi connectivity index (χ2n) is 6.00. The monoisotopic (exact) mass is 416 g/mol. The van der Waals surface area contributed by atoms with E-state index in [1.165, 1.54) is 25.3 Å². The molecule has 3 aromatic rings. The fourth-order valence-electron chi connectivity index (χ4n) is 3.01. The fourth-order valence-corrected chi connectivity index (χ4v) is 3.56. The summed E-state index contributed by atoms with van der Waals surface area (Å²) in [5.74, 6) is -0.648. The Balaban J connectivity index is 2.37. The zero-order valence-corrected chi connectivity index (χ0v) is 15.4. The van der Waals surface area contributed by atoms with E-state index in [1.54, 1.807) is 6.07 Å². The van der Waals surface area contributed by atoms with E-state index in [9.17, 15) is 23.1 Å². The quantitative estimate of drug-likeness (QED) is 0.426. The molecule has 142 valence electrons. The lowest BCUT2D eigenvalue weighted by Gasteiger charge is -2.17. The topological polar surface area (TPSA) is 46.5 Å². The Kier molecular flexibility index (Phi) is 5.25. The minimum Gasteiger partial charge on any atom is -0.469 e. The van der Waals surface area contributed by atoms with Crippen molar-refractivity contribution < 1.29 is 27.8 Å². The van der Waals surface area contributed by atoms with Gasteiger partial charge in [-0.15, -0.1) is 0 Å². The van der Waals surface area contributed by atoms with Gasteiger partial charge in [-0.05, 0) is 52.1 Å². The summed E-state index contributed by atoms with van der Waals surface area (Å²) in [6, 6.07) is 7.70. The molecule has 0 saturated heterocycles. The maximum atomic E-state index is 13.2. The first-order valence-corrected chi connectivity index (χ1v) is 8.55. The molecular formula is C19H13Cl2F3O3. The highest BCUT2D eigenvalue weighted by Crippen LogP contribution is 2.40. The van der Waals surface area contributed by atoms with Gasteiger partial charge in [0.1, 0.15) is 0 Å². The van der Waals surface area contributed by atoms with Crippen LogP contribution in [0.25, 0.3) is 21.5 Å². The van der Waals surface area contributed by atoms with E-state index in [4.69, 9.17) is 23.2 Å². The van der Waals surface area contributed by atoms with Crippen LogP contribution in [0.4, 0.5) is 13.2 Å². The van der Waals surface area contributed by atoms with Crippen molar-refractivity contribution in [2.45, 2.75) is 18.7 Å². The number of aliphatic hydroxyl groups is 1. The van der Waals surface area contributed by atoms with Gasteiger partial charge >= 0.3 is 12.1 Å². The normalized spacial score (nSPS) is 13.1. The van der Waals surface area contributed by atoms with Crippen molar-refractivity contribution in [2.75, 3.05) is 7.11 Å². The molecule has 3 aromatic carbocycles. The number of esters is 1. The number of hydrogen-bond donors (Lipinski definition) is 1. The third-order valence-electron chi connectivity index (χ3n) is 4.29. The number of alkyl halides is 3. The van der Waals surface area contributed by atoms with E-state index in [-0.39, 0.29) is 27.4 Å². The minimum atomic E-state index is -4.54. The number of carbonyl (C=O) groups excluding carboxylic acids is 1. The highest BCUT2D eigenvalue weighted by Gasteiger charge is 2.31. The number of benzene rings is 3. The summed E-state index contributed by atoms with van der Waals surface area (Å²) in [6.45, 7) is 0. The Morgan fingerprint density at radius 3 is 2.37 bits per heavy atom. The summed E-state index contributed by atoms with van der Waals surface area (Å²) < 4.78 is 44.1. The molecule has 0 saturated carbocycles. The van der Waals surface area contributed by atoms with Crippen molar-refractivity contribution in [3.63, 3.8) is 0 Å². The number of methoxy groups -OCH3 is 1. The average molecular weight is 417 g/mol. The molecule has 0 aliphatic rings. The Labute approximate surface area is 162 Å². The SMILES string of the molecule is COC(=O)CC(O)c1cc2c(Cl)cc(Cl)cc2c2cc(C(F)(F)F)ccc12. The molecule has 27 heavy (non-hydrogen) atoms. The van der Waals surface area contributed by atoms with E-state index in [1.807, 2.05) is 0 Å². The van der Waals surface area contributed by atoms with Crippen LogP contribution in [0.15, 0.2) is 36.4 Å². The lowest BCUT2D eigenvalue weighted by molar-refractivity contribution is -0.143. The van der Waals surface area contributed by atoms with Crippen LogP contribution in [-0.2, 0) is 15.7 Å². The van der Waals surface area contributed by atoms with Crippen LogP contribution in [0.1, 0.15) is 23.7 Å². The molecular weight excluding hydrogens is 404 g/mol. The van der Waals surface area contributed by atoms with Gasteiger partial charge in [0.05, 0.1) is 25.2 Å². The molecule has 1 atom stereocenters. The summed E-state index contributed by atoms with van der Waals surface area (Å²) >= 11 is 12.2. The number of halogens is 5. The largest absolute Gasteiger partial charge is 0.469 e. The van der Waals surface area contributed by atoms with Crippen LogP contribution in [-0.4, -0.2) is 18.2 Å². The molecule has 3 nitrogen and oxygen atoms in total. The molecule has 0 aliphatic heterocycles. The molecule has 0 aromatic heterocycles. The third-order valence-corrected chi connectivity index (χ3v) is 4.82. The maximum absolute atomic E-state index is 13.2. The van der Waals surface area contributed by atoms with Gasteiger partial charge in [-0.2, -0.15) is 13.2 Å². The summed E-state index contributed by atoms with van der Waals surface area (Å²) in [6.07, 6.45) is -6.15. The molecule has 0 heterocycles. The summed E-state index contributed by atoms with van der Waals surface area (Å²) in [7, 11) is 1.18. The smallest absolute Gasteiger partial charge is 0.416 e. The molecule has 0 bridgehead atoms. The zero-order chi connectivity index (χ0) is 19.9. The number of rotatable bonds is 3. The van der Waals surface area contributed by atoms with Gasteiger partial charge in [-0.25, -0.2) is 0 Å². The Morgan fingerprint density at radius 1 is 1.07 bits per heavy atom. The predicted molar refractivity (Wildman–Crippen MR) is 98.1 cm³/mol. The van der Waals surface area contributed by atoms with Gasteiger partial charge < -0.3 is 9.84 Å². The van der Waals surface area contributed by atoms with Crippen LogP contribution < -0.4 is 0 Å². The highest BCUT2D eigenvalue weighted by molar-refractivity contribution is 6.39. The maximum Gasteiger partial charge on any atom is 0.416 e. The molecule has 1 unspecified atom stereocenters. The van der Waals surface area contributed by atoms with Crippen LogP contribution in [0.3, 0.4) is 0 Å². The molecule has 8 heteroatoms.